The Morgan fingerprint density at radius 2 is 2.30 bits per heavy atom. The number of terminal acetylenes is 1. The molecule has 27 heavy (non-hydrogen) atoms. The number of hydrogen-bond donors (Lipinski definition) is 2. The fourth-order valence-electron chi connectivity index (χ4n) is 3.05. The van der Waals surface area contributed by atoms with Gasteiger partial charge in [0.05, 0.1) is 37.7 Å². The largest absolute Gasteiger partial charge is 0.442 e. The molecule has 1 atom stereocenters. The van der Waals surface area contributed by atoms with Gasteiger partial charge in [0.25, 0.3) is 0 Å². The van der Waals surface area contributed by atoms with Crippen molar-refractivity contribution < 1.29 is 18.7 Å². The molecule has 2 amide bonds. The van der Waals surface area contributed by atoms with Gasteiger partial charge in [0, 0.05) is 20.0 Å². The molecule has 2 N–H and O–H groups in total. The molecule has 0 spiro atoms. The standard InChI is InChI=1S/C18H22FN5O3/c1-3-6-23-8-7-22(12-21-23)17-5-4-14(9-16(17)19)24-11-15(27-18(24)26)10-20-13(2)25/h1,4-5,9,15,21H,6-8,10-12H2,2H3,(H,20,25)/t15-/m0/s1. The average molecular weight is 375 g/mol. The summed E-state index contributed by atoms with van der Waals surface area (Å²) in [7, 11) is 0. The van der Waals surface area contributed by atoms with E-state index in [1.54, 1.807) is 12.1 Å². The van der Waals surface area contributed by atoms with E-state index >= 15 is 0 Å². The van der Waals surface area contributed by atoms with Crippen molar-refractivity contribution in [3.8, 4) is 12.3 Å². The first-order valence-corrected chi connectivity index (χ1v) is 8.67. The van der Waals surface area contributed by atoms with Gasteiger partial charge in [-0.1, -0.05) is 5.92 Å². The molecule has 144 valence electrons. The number of amides is 2. The molecule has 9 heteroatoms. The molecule has 1 aromatic rings. The van der Waals surface area contributed by atoms with Crippen LogP contribution in [0.1, 0.15) is 6.92 Å². The van der Waals surface area contributed by atoms with E-state index in [0.717, 1.165) is 0 Å². The molecule has 2 aliphatic rings. The number of anilines is 2. The van der Waals surface area contributed by atoms with Crippen LogP contribution in [0.5, 0.6) is 0 Å². The number of hydrazine groups is 1. The highest BCUT2D eigenvalue weighted by Gasteiger charge is 2.33. The van der Waals surface area contributed by atoms with Crippen LogP contribution in [-0.2, 0) is 9.53 Å². The van der Waals surface area contributed by atoms with Gasteiger partial charge >= 0.3 is 6.09 Å². The minimum absolute atomic E-state index is 0.198. The number of ether oxygens (including phenoxy) is 1. The van der Waals surface area contributed by atoms with Gasteiger partial charge in [0.15, 0.2) is 0 Å². The molecule has 2 aliphatic heterocycles. The zero-order chi connectivity index (χ0) is 19.4. The number of halogens is 1. The first kappa shape index (κ1) is 18.9. The highest BCUT2D eigenvalue weighted by Crippen LogP contribution is 2.28. The number of hydrogen-bond acceptors (Lipinski definition) is 6. The Hall–Kier alpha value is -2.83. The molecule has 8 nitrogen and oxygen atoms in total. The summed E-state index contributed by atoms with van der Waals surface area (Å²) in [4.78, 5) is 26.3. The van der Waals surface area contributed by atoms with Gasteiger partial charge in [-0.25, -0.2) is 19.6 Å². The zero-order valence-electron chi connectivity index (χ0n) is 15.1. The van der Waals surface area contributed by atoms with Gasteiger partial charge in [0.1, 0.15) is 11.9 Å². The van der Waals surface area contributed by atoms with Crippen molar-refractivity contribution in [2.45, 2.75) is 13.0 Å². The fraction of sp³-hybridized carbons (Fsp3) is 0.444. The van der Waals surface area contributed by atoms with Crippen molar-refractivity contribution in [3.63, 3.8) is 0 Å². The second kappa shape index (κ2) is 8.24. The molecular formula is C18H22FN5O3. The predicted molar refractivity (Wildman–Crippen MR) is 98.5 cm³/mol. The van der Waals surface area contributed by atoms with E-state index in [9.17, 15) is 14.0 Å². The summed E-state index contributed by atoms with van der Waals surface area (Å²) in [6, 6.07) is 4.66. The van der Waals surface area contributed by atoms with Crippen LogP contribution in [-0.4, -0.2) is 62.5 Å². The molecule has 1 aromatic carbocycles. The van der Waals surface area contributed by atoms with Crippen LogP contribution >= 0.6 is 0 Å². The number of cyclic esters (lactones) is 1. The first-order chi connectivity index (χ1) is 13.0. The van der Waals surface area contributed by atoms with E-state index in [4.69, 9.17) is 11.2 Å². The summed E-state index contributed by atoms with van der Waals surface area (Å²) in [5.41, 5.74) is 4.01. The number of benzene rings is 1. The maximum absolute atomic E-state index is 14.7. The Kier molecular flexibility index (Phi) is 5.78. The lowest BCUT2D eigenvalue weighted by Gasteiger charge is -2.36. The van der Waals surface area contributed by atoms with E-state index in [2.05, 4.69) is 16.7 Å². The minimum Gasteiger partial charge on any atom is -0.442 e. The van der Waals surface area contributed by atoms with Crippen LogP contribution < -0.4 is 20.5 Å². The molecular weight excluding hydrogens is 353 g/mol. The molecule has 2 saturated heterocycles. The molecule has 0 radical (unpaired) electrons. The Balaban J connectivity index is 1.64. The van der Waals surface area contributed by atoms with Crippen molar-refractivity contribution in [1.29, 1.82) is 0 Å². The second-order valence-electron chi connectivity index (χ2n) is 6.39. The molecule has 0 aromatic heterocycles. The summed E-state index contributed by atoms with van der Waals surface area (Å²) < 4.78 is 19.9. The van der Waals surface area contributed by atoms with E-state index in [0.29, 0.717) is 37.7 Å². The van der Waals surface area contributed by atoms with E-state index in [1.807, 2.05) is 9.91 Å². The Bertz CT molecular complexity index is 758. The van der Waals surface area contributed by atoms with Crippen molar-refractivity contribution in [3.05, 3.63) is 24.0 Å². The SMILES string of the molecule is C#CCN1CCN(c2ccc(N3C[C@H](CNC(C)=O)OC3=O)cc2F)CN1. The number of nitrogens with zero attached hydrogens (tertiary/aromatic N) is 3. The molecule has 0 saturated carbocycles. The molecule has 0 aliphatic carbocycles. The summed E-state index contributed by atoms with van der Waals surface area (Å²) in [5, 5.41) is 4.51. The Labute approximate surface area is 157 Å². The van der Waals surface area contributed by atoms with Crippen molar-refractivity contribution in [2.75, 3.05) is 49.2 Å². The normalized spacial score (nSPS) is 20.3. The van der Waals surface area contributed by atoms with E-state index < -0.39 is 18.0 Å². The van der Waals surface area contributed by atoms with Crippen molar-refractivity contribution >= 4 is 23.4 Å². The van der Waals surface area contributed by atoms with Gasteiger partial charge in [0.2, 0.25) is 5.91 Å². The number of nitrogens with one attached hydrogen (secondary N) is 2. The van der Waals surface area contributed by atoms with Crippen LogP contribution in [0.4, 0.5) is 20.6 Å². The topological polar surface area (TPSA) is 77.2 Å². The van der Waals surface area contributed by atoms with Crippen LogP contribution in [0.2, 0.25) is 0 Å². The molecule has 2 fully saturated rings. The Morgan fingerprint density at radius 3 is 2.93 bits per heavy atom. The number of carbonyl (C=O) groups is 2. The molecule has 0 bridgehead atoms. The minimum atomic E-state index is -0.554. The van der Waals surface area contributed by atoms with Crippen LogP contribution in [0.25, 0.3) is 0 Å². The van der Waals surface area contributed by atoms with Crippen molar-refractivity contribution in [2.24, 2.45) is 0 Å². The average Bonchev–Trinajstić information content (AvgIpc) is 3.02. The highest BCUT2D eigenvalue weighted by molar-refractivity contribution is 5.90. The van der Waals surface area contributed by atoms with E-state index in [-0.39, 0.29) is 19.0 Å². The molecule has 3 rings (SSSR count). The molecule has 0 unspecified atom stereocenters. The summed E-state index contributed by atoms with van der Waals surface area (Å²) in [6.07, 6.45) is 4.28. The number of carbonyl (C=O) groups excluding carboxylic acids is 2. The lowest BCUT2D eigenvalue weighted by Crippen LogP contribution is -2.54. The summed E-state index contributed by atoms with van der Waals surface area (Å²) in [5.74, 6) is 1.95. The van der Waals surface area contributed by atoms with Gasteiger partial charge in [-0.05, 0) is 18.2 Å². The highest BCUT2D eigenvalue weighted by atomic mass is 19.1. The number of rotatable bonds is 5. The lowest BCUT2D eigenvalue weighted by atomic mass is 10.2. The van der Waals surface area contributed by atoms with Gasteiger partial charge in [-0.3, -0.25) is 9.69 Å². The van der Waals surface area contributed by atoms with Gasteiger partial charge in [-0.2, -0.15) is 0 Å². The maximum Gasteiger partial charge on any atom is 0.414 e. The van der Waals surface area contributed by atoms with Crippen LogP contribution in [0.15, 0.2) is 18.2 Å². The van der Waals surface area contributed by atoms with Gasteiger partial charge in [-0.15, -0.1) is 6.42 Å². The smallest absolute Gasteiger partial charge is 0.414 e. The first-order valence-electron chi connectivity index (χ1n) is 8.67. The second-order valence-corrected chi connectivity index (χ2v) is 6.39. The van der Waals surface area contributed by atoms with E-state index in [1.165, 1.54) is 17.9 Å². The summed E-state index contributed by atoms with van der Waals surface area (Å²) >= 11 is 0. The third kappa shape index (κ3) is 4.48. The third-order valence-electron chi connectivity index (χ3n) is 4.44. The monoisotopic (exact) mass is 375 g/mol. The molecule has 2 heterocycles. The fourth-order valence-corrected chi connectivity index (χ4v) is 3.05. The Morgan fingerprint density at radius 1 is 1.48 bits per heavy atom. The van der Waals surface area contributed by atoms with Crippen molar-refractivity contribution in [1.82, 2.24) is 15.8 Å². The zero-order valence-corrected chi connectivity index (χ0v) is 15.1. The maximum atomic E-state index is 14.7. The quantitative estimate of drug-likeness (QED) is 0.730. The summed E-state index contributed by atoms with van der Waals surface area (Å²) in [6.45, 7) is 4.12. The lowest BCUT2D eigenvalue weighted by molar-refractivity contribution is -0.119. The van der Waals surface area contributed by atoms with Crippen LogP contribution in [0, 0.1) is 18.2 Å². The van der Waals surface area contributed by atoms with Crippen LogP contribution in [0.3, 0.4) is 0 Å². The third-order valence-corrected chi connectivity index (χ3v) is 4.44. The predicted octanol–water partition coefficient (Wildman–Crippen LogP) is 0.504. The van der Waals surface area contributed by atoms with Gasteiger partial charge < -0.3 is 15.0 Å².